The fourth-order valence-corrected chi connectivity index (χ4v) is 11.3. The Bertz CT molecular complexity index is 1760. The second kappa shape index (κ2) is 13.7. The van der Waals surface area contributed by atoms with Gasteiger partial charge in [0, 0.05) is 80.4 Å². The fraction of sp³-hybridized carbons (Fsp3) is 0.750. The van der Waals surface area contributed by atoms with Crippen molar-refractivity contribution in [3.8, 4) is 0 Å². The first kappa shape index (κ1) is 37.9. The zero-order valence-corrected chi connectivity index (χ0v) is 32.6. The number of aliphatic hydroxyl groups excluding tert-OH is 1. The standard InChI is InChI=1S/C40H60N8O5/c1-8-38(6)19-29(39(7)25(2)9-13-40(26(3)34(38)52)14-10-28(49)33(39)40)53-31(51)21-45-17-18-48(37(4,5)22-45)30(50)12-16-47-24-44-32-35(42-23-43-36(32)47)46-15-11-27(41)20-46/h8,23-27,29,33-34,52H,1,9-22,41H2,2-7H3/t25-,26+,27?,29-,33-,34+,38-,39+,40+/m1/s1. The van der Waals surface area contributed by atoms with Crippen molar-refractivity contribution < 1.29 is 24.2 Å². The van der Waals surface area contributed by atoms with Crippen LogP contribution in [0.25, 0.3) is 11.2 Å². The predicted molar refractivity (Wildman–Crippen MR) is 202 cm³/mol. The van der Waals surface area contributed by atoms with Crippen molar-refractivity contribution >= 4 is 34.6 Å². The molecule has 2 saturated heterocycles. The molecule has 290 valence electrons. The number of Topliss-reactive ketones (excluding diaryl/α,β-unsaturated/α-hetero) is 1. The number of hydrogen-bond acceptors (Lipinski definition) is 11. The molecule has 5 fully saturated rings. The number of rotatable bonds is 8. The number of fused-ring (bicyclic) bond motifs is 1. The lowest BCUT2D eigenvalue weighted by atomic mass is 9.44. The van der Waals surface area contributed by atoms with Crippen LogP contribution in [0.1, 0.15) is 86.5 Å². The van der Waals surface area contributed by atoms with Crippen molar-refractivity contribution in [2.75, 3.05) is 44.2 Å². The normalized spacial score (nSPS) is 37.3. The number of carbonyl (C=O) groups excluding carboxylic acids is 3. The third kappa shape index (κ3) is 6.28. The van der Waals surface area contributed by atoms with Crippen LogP contribution < -0.4 is 10.6 Å². The molecule has 1 amide bonds. The van der Waals surface area contributed by atoms with Crippen molar-refractivity contribution in [2.24, 2.45) is 39.7 Å². The summed E-state index contributed by atoms with van der Waals surface area (Å²) < 4.78 is 8.44. The number of aryl methyl sites for hydroxylation is 1. The highest BCUT2D eigenvalue weighted by molar-refractivity contribution is 5.86. The van der Waals surface area contributed by atoms with Crippen LogP contribution in [0.3, 0.4) is 0 Å². The van der Waals surface area contributed by atoms with Crippen LogP contribution >= 0.6 is 0 Å². The van der Waals surface area contributed by atoms with Gasteiger partial charge in [0.1, 0.15) is 18.2 Å². The van der Waals surface area contributed by atoms with Crippen LogP contribution in [0, 0.1) is 34.0 Å². The van der Waals surface area contributed by atoms with E-state index in [1.165, 1.54) is 0 Å². The largest absolute Gasteiger partial charge is 0.461 e. The van der Waals surface area contributed by atoms with E-state index in [1.807, 2.05) is 36.3 Å². The van der Waals surface area contributed by atoms with Crippen LogP contribution in [0.2, 0.25) is 0 Å². The molecule has 2 aliphatic heterocycles. The van der Waals surface area contributed by atoms with Crippen LogP contribution in [-0.2, 0) is 25.7 Å². The number of anilines is 1. The van der Waals surface area contributed by atoms with E-state index in [2.05, 4.69) is 52.1 Å². The van der Waals surface area contributed by atoms with Gasteiger partial charge in [0.2, 0.25) is 5.91 Å². The maximum atomic E-state index is 14.0. The van der Waals surface area contributed by atoms with Crippen molar-refractivity contribution in [1.82, 2.24) is 29.3 Å². The number of aliphatic hydroxyl groups is 1. The van der Waals surface area contributed by atoms with E-state index in [-0.39, 0.29) is 59.8 Å². The number of nitrogens with zero attached hydrogens (tertiary/aromatic N) is 7. The molecule has 2 bridgehead atoms. The summed E-state index contributed by atoms with van der Waals surface area (Å²) in [5, 5.41) is 11.9. The average Bonchev–Trinajstić information content (AvgIpc) is 3.84. The molecule has 0 aromatic carbocycles. The van der Waals surface area contributed by atoms with Gasteiger partial charge in [-0.05, 0) is 63.2 Å². The molecule has 2 aromatic heterocycles. The number of amides is 1. The number of aromatic nitrogens is 4. The van der Waals surface area contributed by atoms with Crippen LogP contribution in [0.4, 0.5) is 5.82 Å². The molecule has 3 saturated carbocycles. The zero-order valence-electron chi connectivity index (χ0n) is 32.6. The Labute approximate surface area is 313 Å². The second-order valence-electron chi connectivity index (χ2n) is 18.2. The third-order valence-electron chi connectivity index (χ3n) is 14.7. The summed E-state index contributed by atoms with van der Waals surface area (Å²) in [7, 11) is 0. The molecular formula is C40H60N8O5. The monoisotopic (exact) mass is 732 g/mol. The number of carbonyl (C=O) groups is 3. The number of ether oxygens (including phenoxy) is 1. The SMILES string of the molecule is C=C[C@]1(C)C[C@@H](OC(=O)CN2CCN(C(=O)CCn3cnc4c(N5CCC(N)C5)ncnc43)C(C)(C)C2)[C@]2(C)[C@H](C)CC[C@]3(CCC(=O)[C@@H]32)[C@@H](C)[C@@H]1O. The van der Waals surface area contributed by atoms with E-state index in [0.29, 0.717) is 44.7 Å². The molecule has 3 aliphatic carbocycles. The first-order chi connectivity index (χ1) is 25.0. The number of piperazine rings is 1. The van der Waals surface area contributed by atoms with Gasteiger partial charge in [0.15, 0.2) is 17.0 Å². The van der Waals surface area contributed by atoms with E-state index in [9.17, 15) is 19.5 Å². The Balaban J connectivity index is 1.01. The Morgan fingerprint density at radius 1 is 1.09 bits per heavy atom. The predicted octanol–water partition coefficient (Wildman–Crippen LogP) is 3.58. The van der Waals surface area contributed by atoms with Crippen molar-refractivity contribution in [3.05, 3.63) is 25.3 Å². The number of nitrogens with two attached hydrogens (primary N) is 1. The first-order valence-corrected chi connectivity index (χ1v) is 19.8. The average molecular weight is 733 g/mol. The summed E-state index contributed by atoms with van der Waals surface area (Å²) in [6, 6.07) is 0.117. The Hall–Kier alpha value is -3.42. The molecule has 3 N–H and O–H groups in total. The third-order valence-corrected chi connectivity index (χ3v) is 14.7. The summed E-state index contributed by atoms with van der Waals surface area (Å²) in [5.74, 6) is 0.561. The molecule has 13 heteroatoms. The van der Waals surface area contributed by atoms with Gasteiger partial charge in [-0.1, -0.05) is 33.8 Å². The summed E-state index contributed by atoms with van der Waals surface area (Å²) in [4.78, 5) is 61.1. The lowest BCUT2D eigenvalue weighted by Crippen LogP contribution is -2.63. The summed E-state index contributed by atoms with van der Waals surface area (Å²) in [5.41, 5.74) is 5.48. The first-order valence-electron chi connectivity index (χ1n) is 19.8. The molecule has 7 rings (SSSR count). The van der Waals surface area contributed by atoms with Gasteiger partial charge >= 0.3 is 5.97 Å². The van der Waals surface area contributed by atoms with Gasteiger partial charge in [-0.3, -0.25) is 19.3 Å². The van der Waals surface area contributed by atoms with E-state index < -0.39 is 28.6 Å². The number of hydrogen-bond donors (Lipinski definition) is 2. The van der Waals surface area contributed by atoms with Crippen LogP contribution in [0.5, 0.6) is 0 Å². The summed E-state index contributed by atoms with van der Waals surface area (Å²) in [6.45, 7) is 20.3. The van der Waals surface area contributed by atoms with Gasteiger partial charge < -0.3 is 29.9 Å². The van der Waals surface area contributed by atoms with E-state index in [4.69, 9.17) is 10.5 Å². The Morgan fingerprint density at radius 3 is 2.57 bits per heavy atom. The van der Waals surface area contributed by atoms with Crippen LogP contribution in [-0.4, -0.2) is 115 Å². The van der Waals surface area contributed by atoms with E-state index >= 15 is 0 Å². The molecule has 2 aromatic rings. The molecule has 5 aliphatic rings. The lowest BCUT2D eigenvalue weighted by Gasteiger charge is -2.61. The van der Waals surface area contributed by atoms with E-state index in [1.54, 1.807) is 12.7 Å². The maximum absolute atomic E-state index is 14.0. The highest BCUT2D eigenvalue weighted by Crippen LogP contribution is 2.68. The van der Waals surface area contributed by atoms with Crippen molar-refractivity contribution in [3.63, 3.8) is 0 Å². The van der Waals surface area contributed by atoms with Gasteiger partial charge in [-0.2, -0.15) is 0 Å². The topological polar surface area (TPSA) is 160 Å². The molecule has 53 heavy (non-hydrogen) atoms. The van der Waals surface area contributed by atoms with Gasteiger partial charge in [0.05, 0.1) is 19.0 Å². The van der Waals surface area contributed by atoms with Gasteiger partial charge in [-0.15, -0.1) is 6.58 Å². The van der Waals surface area contributed by atoms with Crippen molar-refractivity contribution in [1.29, 1.82) is 0 Å². The molecule has 13 nitrogen and oxygen atoms in total. The summed E-state index contributed by atoms with van der Waals surface area (Å²) in [6.07, 6.45) is 8.57. The van der Waals surface area contributed by atoms with Crippen LogP contribution in [0.15, 0.2) is 25.3 Å². The molecule has 1 unspecified atom stereocenters. The highest BCUT2D eigenvalue weighted by atomic mass is 16.5. The van der Waals surface area contributed by atoms with Gasteiger partial charge in [-0.25, -0.2) is 15.0 Å². The van der Waals surface area contributed by atoms with Crippen molar-refractivity contribution in [2.45, 2.75) is 117 Å². The Kier molecular flexibility index (Phi) is 9.79. The zero-order chi connectivity index (χ0) is 38.1. The highest BCUT2D eigenvalue weighted by Gasteiger charge is 2.68. The minimum absolute atomic E-state index is 0.0359. The number of imidazole rings is 1. The molecule has 0 spiro atoms. The molecule has 0 radical (unpaired) electrons. The summed E-state index contributed by atoms with van der Waals surface area (Å²) >= 11 is 0. The molecule has 4 heterocycles. The van der Waals surface area contributed by atoms with E-state index in [0.717, 1.165) is 50.1 Å². The van der Waals surface area contributed by atoms with Gasteiger partial charge in [0.25, 0.3) is 0 Å². The smallest absolute Gasteiger partial charge is 0.320 e. The fourth-order valence-electron chi connectivity index (χ4n) is 11.3. The minimum Gasteiger partial charge on any atom is -0.461 e. The molecule has 9 atom stereocenters. The minimum atomic E-state index is -0.702. The lowest BCUT2D eigenvalue weighted by molar-refractivity contribution is -0.207. The Morgan fingerprint density at radius 2 is 1.87 bits per heavy atom. The second-order valence-corrected chi connectivity index (χ2v) is 18.2. The maximum Gasteiger partial charge on any atom is 0.320 e. The number of esters is 1. The molecular weight excluding hydrogens is 672 g/mol. The number of ketones is 1. The quantitative estimate of drug-likeness (QED) is 0.302.